The van der Waals surface area contributed by atoms with Gasteiger partial charge in [-0.05, 0) is 58.5 Å². The van der Waals surface area contributed by atoms with E-state index >= 15 is 0 Å². The number of halogens is 2. The van der Waals surface area contributed by atoms with E-state index in [2.05, 4.69) is 48.0 Å². The second-order valence-electron chi connectivity index (χ2n) is 6.77. The molecule has 0 fully saturated rings. The Hall–Kier alpha value is -3.36. The van der Waals surface area contributed by atoms with Gasteiger partial charge in [0, 0.05) is 22.5 Å². The lowest BCUT2D eigenvalue weighted by Crippen LogP contribution is -2.47. The van der Waals surface area contributed by atoms with Crippen LogP contribution in [0.15, 0.2) is 38.9 Å². The van der Waals surface area contributed by atoms with E-state index in [0.717, 1.165) is 0 Å². The molecule has 11 nitrogen and oxygen atoms in total. The van der Waals surface area contributed by atoms with Crippen LogP contribution >= 0.6 is 44.1 Å². The number of amides is 2. The molecule has 2 aromatic rings. The number of benzene rings is 2. The van der Waals surface area contributed by atoms with Gasteiger partial charge in [-0.25, -0.2) is 0 Å². The summed E-state index contributed by atoms with van der Waals surface area (Å²) in [6.45, 7) is 1.23. The molecule has 0 saturated carbocycles. The molecule has 14 heteroatoms. The van der Waals surface area contributed by atoms with E-state index < -0.39 is 17.8 Å². The minimum absolute atomic E-state index is 0.0983. The van der Waals surface area contributed by atoms with Crippen LogP contribution < -0.4 is 40.8 Å². The number of ether oxygens (including phenoxy) is 4. The van der Waals surface area contributed by atoms with Crippen molar-refractivity contribution in [3.63, 3.8) is 0 Å². The molecule has 0 unspecified atom stereocenters. The molecule has 0 bridgehead atoms. The number of esters is 1. The van der Waals surface area contributed by atoms with Crippen molar-refractivity contribution in [3.8, 4) is 23.0 Å². The lowest BCUT2D eigenvalue weighted by Gasteiger charge is -2.16. The average molecular weight is 646 g/mol. The molecule has 5 N–H and O–H groups in total. The van der Waals surface area contributed by atoms with E-state index in [1.807, 2.05) is 0 Å². The topological polar surface area (TPSA) is 150 Å². The van der Waals surface area contributed by atoms with Crippen molar-refractivity contribution in [1.29, 1.82) is 0 Å². The number of nitrogens with one attached hydrogen (secondary N) is 3. The number of methoxy groups -OCH3 is 3. The molecule has 2 amide bonds. The molecule has 0 heterocycles. The van der Waals surface area contributed by atoms with Crippen molar-refractivity contribution in [3.05, 3.63) is 50.0 Å². The Labute approximate surface area is 228 Å². The summed E-state index contributed by atoms with van der Waals surface area (Å²) >= 11 is 11.4. The number of hydrogen-bond donors (Lipinski definition) is 4. The number of carbonyl (C=O) groups is 3. The molecule has 36 heavy (non-hydrogen) atoms. The van der Waals surface area contributed by atoms with E-state index in [-0.39, 0.29) is 44.9 Å². The summed E-state index contributed by atoms with van der Waals surface area (Å²) in [5.41, 5.74) is 10.1. The first-order valence-corrected chi connectivity index (χ1v) is 11.9. The number of hydrogen-bond acceptors (Lipinski definition) is 8. The Bertz CT molecular complexity index is 1210. The zero-order valence-electron chi connectivity index (χ0n) is 19.5. The van der Waals surface area contributed by atoms with E-state index in [1.165, 1.54) is 46.5 Å². The summed E-state index contributed by atoms with van der Waals surface area (Å²) in [5, 5.41) is 2.32. The van der Waals surface area contributed by atoms with E-state index in [9.17, 15) is 14.4 Å². The number of carbonyl (C=O) groups excluding carboxylic acids is 3. The van der Waals surface area contributed by atoms with Crippen LogP contribution in [0.2, 0.25) is 0 Å². The molecule has 0 atom stereocenters. The van der Waals surface area contributed by atoms with Gasteiger partial charge in [-0.2, -0.15) is 0 Å². The summed E-state index contributed by atoms with van der Waals surface area (Å²) in [7, 11) is 4.23. The van der Waals surface area contributed by atoms with Crippen LogP contribution in [-0.4, -0.2) is 44.2 Å². The standard InChI is InChI=1S/C22H22Br2N4O7S/c1-10(29)35-18-11(5-13(23)9-14(18)24)6-15(21(31)27-28-22(25)36)26-20(30)12-7-16(32-2)19(34-4)17(8-12)33-3/h5-9H,1-4H3,(H,26,30)(H,27,31)(H3,25,28,36)/b15-6+. The summed E-state index contributed by atoms with van der Waals surface area (Å²) in [6.07, 6.45) is 1.31. The third-order valence-electron chi connectivity index (χ3n) is 4.30. The molecular weight excluding hydrogens is 624 g/mol. The fourth-order valence-corrected chi connectivity index (χ4v) is 4.24. The molecule has 0 radical (unpaired) electrons. The minimum Gasteiger partial charge on any atom is -0.493 e. The maximum Gasteiger partial charge on any atom is 0.308 e. The molecule has 0 aliphatic heterocycles. The van der Waals surface area contributed by atoms with Gasteiger partial charge in [0.05, 0.1) is 25.8 Å². The number of thiocarbonyl (C=S) groups is 1. The largest absolute Gasteiger partial charge is 0.493 e. The average Bonchev–Trinajstić information content (AvgIpc) is 2.82. The van der Waals surface area contributed by atoms with E-state index in [0.29, 0.717) is 8.95 Å². The molecule has 0 aromatic heterocycles. The summed E-state index contributed by atoms with van der Waals surface area (Å²) < 4.78 is 22.2. The zero-order chi connectivity index (χ0) is 27.0. The predicted octanol–water partition coefficient (Wildman–Crippen LogP) is 2.80. The highest BCUT2D eigenvalue weighted by molar-refractivity contribution is 9.11. The Morgan fingerprint density at radius 2 is 1.56 bits per heavy atom. The van der Waals surface area contributed by atoms with Gasteiger partial charge >= 0.3 is 5.97 Å². The van der Waals surface area contributed by atoms with E-state index in [1.54, 1.807) is 12.1 Å². The molecular formula is C22H22Br2N4O7S. The Kier molecular flexibility index (Phi) is 10.5. The minimum atomic E-state index is -0.798. The molecule has 192 valence electrons. The first-order chi connectivity index (χ1) is 17.0. The highest BCUT2D eigenvalue weighted by atomic mass is 79.9. The predicted molar refractivity (Wildman–Crippen MR) is 143 cm³/mol. The van der Waals surface area contributed by atoms with Gasteiger partial charge in [0.1, 0.15) is 5.70 Å². The summed E-state index contributed by atoms with van der Waals surface area (Å²) in [5.74, 6) is -1.19. The Balaban J connectivity index is 2.59. The third kappa shape index (κ3) is 7.57. The van der Waals surface area contributed by atoms with Crippen LogP contribution in [0.3, 0.4) is 0 Å². The molecule has 0 aliphatic carbocycles. The zero-order valence-corrected chi connectivity index (χ0v) is 23.5. The van der Waals surface area contributed by atoms with Gasteiger partial charge in [0.15, 0.2) is 22.4 Å². The lowest BCUT2D eigenvalue weighted by molar-refractivity contribution is -0.132. The second kappa shape index (κ2) is 13.1. The van der Waals surface area contributed by atoms with Crippen LogP contribution in [0.1, 0.15) is 22.8 Å². The van der Waals surface area contributed by atoms with Gasteiger partial charge in [-0.3, -0.25) is 25.2 Å². The van der Waals surface area contributed by atoms with Crippen molar-refractivity contribution < 1.29 is 33.3 Å². The first kappa shape index (κ1) is 28.9. The van der Waals surface area contributed by atoms with Crippen molar-refractivity contribution in [2.24, 2.45) is 5.73 Å². The van der Waals surface area contributed by atoms with Crippen LogP contribution in [0, 0.1) is 0 Å². The van der Waals surface area contributed by atoms with Gasteiger partial charge in [-0.1, -0.05) is 15.9 Å². The lowest BCUT2D eigenvalue weighted by atomic mass is 10.1. The molecule has 2 rings (SSSR count). The van der Waals surface area contributed by atoms with Crippen LogP contribution in [0.5, 0.6) is 23.0 Å². The maximum absolute atomic E-state index is 13.2. The Morgan fingerprint density at radius 1 is 0.944 bits per heavy atom. The fraction of sp³-hybridized carbons (Fsp3) is 0.182. The molecule has 2 aromatic carbocycles. The maximum atomic E-state index is 13.2. The van der Waals surface area contributed by atoms with Crippen LogP contribution in [0.25, 0.3) is 6.08 Å². The van der Waals surface area contributed by atoms with Gasteiger partial charge in [-0.15, -0.1) is 0 Å². The van der Waals surface area contributed by atoms with Crippen LogP contribution in [0.4, 0.5) is 0 Å². The number of hydrazine groups is 1. The van der Waals surface area contributed by atoms with Crippen molar-refractivity contribution in [1.82, 2.24) is 16.2 Å². The molecule has 0 spiro atoms. The first-order valence-electron chi connectivity index (χ1n) is 9.87. The smallest absolute Gasteiger partial charge is 0.308 e. The summed E-state index contributed by atoms with van der Waals surface area (Å²) in [4.78, 5) is 37.7. The number of rotatable bonds is 8. The van der Waals surface area contributed by atoms with E-state index in [4.69, 9.17) is 36.9 Å². The van der Waals surface area contributed by atoms with Crippen molar-refractivity contribution >= 4 is 73.0 Å². The normalized spacial score (nSPS) is 10.7. The second-order valence-corrected chi connectivity index (χ2v) is 8.98. The van der Waals surface area contributed by atoms with Gasteiger partial charge in [0.25, 0.3) is 11.8 Å². The van der Waals surface area contributed by atoms with Crippen molar-refractivity contribution in [2.75, 3.05) is 21.3 Å². The third-order valence-corrected chi connectivity index (χ3v) is 5.45. The van der Waals surface area contributed by atoms with Gasteiger partial charge < -0.3 is 30.0 Å². The molecule has 0 aliphatic rings. The summed E-state index contributed by atoms with van der Waals surface area (Å²) in [6, 6.07) is 6.07. The monoisotopic (exact) mass is 644 g/mol. The Morgan fingerprint density at radius 3 is 2.06 bits per heavy atom. The number of nitrogens with two attached hydrogens (primary N) is 1. The SMILES string of the molecule is COc1cc(C(=O)N/C(=C/c2cc(Br)cc(Br)c2OC(C)=O)C(=O)NNC(N)=S)cc(OC)c1OC. The van der Waals surface area contributed by atoms with Gasteiger partial charge in [0.2, 0.25) is 5.75 Å². The highest BCUT2D eigenvalue weighted by Gasteiger charge is 2.21. The molecule has 0 saturated heterocycles. The quantitative estimate of drug-likeness (QED) is 0.111. The fourth-order valence-electron chi connectivity index (χ4n) is 2.85. The highest BCUT2D eigenvalue weighted by Crippen LogP contribution is 2.38. The van der Waals surface area contributed by atoms with Crippen LogP contribution in [-0.2, 0) is 9.59 Å². The van der Waals surface area contributed by atoms with Crippen molar-refractivity contribution in [2.45, 2.75) is 6.92 Å².